The zero-order valence-electron chi connectivity index (χ0n) is 9.87. The van der Waals surface area contributed by atoms with E-state index in [1.165, 1.54) is 0 Å². The minimum Gasteiger partial charge on any atom is -0.348 e. The lowest BCUT2D eigenvalue weighted by atomic mass is 10.1. The maximum absolute atomic E-state index is 11.6. The van der Waals surface area contributed by atoms with E-state index in [9.17, 15) is 4.79 Å². The first kappa shape index (κ1) is 13.7. The lowest BCUT2D eigenvalue weighted by Gasteiger charge is -2.15. The molecule has 0 saturated heterocycles. The fourth-order valence-electron chi connectivity index (χ4n) is 1.48. The molecule has 1 rings (SSSR count). The Hall–Kier alpha value is -1.32. The fraction of sp³-hybridized carbons (Fsp3) is 0.308. The molecule has 1 aromatic rings. The van der Waals surface area contributed by atoms with Crippen molar-refractivity contribution in [1.82, 2.24) is 10.6 Å². The van der Waals surface area contributed by atoms with Gasteiger partial charge < -0.3 is 10.6 Å². The van der Waals surface area contributed by atoms with Crippen LogP contribution in [-0.4, -0.2) is 19.0 Å². The Balaban J connectivity index is 2.49. The topological polar surface area (TPSA) is 41.1 Å². The van der Waals surface area contributed by atoms with Crippen LogP contribution in [0.1, 0.15) is 18.5 Å². The molecule has 17 heavy (non-hydrogen) atoms. The van der Waals surface area contributed by atoms with Crippen LogP contribution in [0, 0.1) is 0 Å². The first-order valence-electron chi connectivity index (χ1n) is 5.50. The number of carbonyl (C=O) groups is 1. The maximum Gasteiger partial charge on any atom is 0.234 e. The Kier molecular flexibility index (Phi) is 5.73. The summed E-state index contributed by atoms with van der Waals surface area (Å²) in [5, 5.41) is 6.48. The number of amides is 1. The van der Waals surface area contributed by atoms with Crippen molar-refractivity contribution >= 4 is 17.5 Å². The van der Waals surface area contributed by atoms with Gasteiger partial charge in [-0.3, -0.25) is 4.79 Å². The normalized spacial score (nSPS) is 11.9. The second-order valence-corrected chi connectivity index (χ2v) is 4.14. The molecule has 0 bridgehead atoms. The van der Waals surface area contributed by atoms with Crippen molar-refractivity contribution in [1.29, 1.82) is 0 Å². The van der Waals surface area contributed by atoms with Crippen molar-refractivity contribution in [2.24, 2.45) is 0 Å². The van der Waals surface area contributed by atoms with Crippen LogP contribution in [0.25, 0.3) is 0 Å². The number of rotatable bonds is 6. The quantitative estimate of drug-likeness (QED) is 0.603. The van der Waals surface area contributed by atoms with Gasteiger partial charge in [0.05, 0.1) is 12.6 Å². The first-order chi connectivity index (χ1) is 8.15. The predicted molar refractivity (Wildman–Crippen MR) is 71.1 cm³/mol. The molecule has 0 aliphatic heterocycles. The van der Waals surface area contributed by atoms with Crippen molar-refractivity contribution in [3.05, 3.63) is 47.5 Å². The standard InChI is InChI=1S/C13H17ClN2O/c1-3-8-15-9-13(17)16-10(2)11-6-4-5-7-12(11)14/h3-7,10,15H,1,8-9H2,2H3,(H,16,17). The molecule has 0 aliphatic carbocycles. The van der Waals surface area contributed by atoms with E-state index in [1.54, 1.807) is 6.08 Å². The Labute approximate surface area is 107 Å². The van der Waals surface area contributed by atoms with E-state index in [-0.39, 0.29) is 18.5 Å². The lowest BCUT2D eigenvalue weighted by molar-refractivity contribution is -0.120. The Bertz CT molecular complexity index is 393. The average Bonchev–Trinajstić information content (AvgIpc) is 2.29. The van der Waals surface area contributed by atoms with E-state index < -0.39 is 0 Å². The largest absolute Gasteiger partial charge is 0.348 e. The summed E-state index contributed by atoms with van der Waals surface area (Å²) in [6.45, 7) is 6.37. The van der Waals surface area contributed by atoms with Gasteiger partial charge in [0.1, 0.15) is 0 Å². The summed E-state index contributed by atoms with van der Waals surface area (Å²) in [4.78, 5) is 11.6. The Morgan fingerprint density at radius 2 is 2.24 bits per heavy atom. The number of nitrogens with one attached hydrogen (secondary N) is 2. The monoisotopic (exact) mass is 252 g/mol. The van der Waals surface area contributed by atoms with Crippen LogP contribution in [0.4, 0.5) is 0 Å². The van der Waals surface area contributed by atoms with Crippen LogP contribution in [0.15, 0.2) is 36.9 Å². The van der Waals surface area contributed by atoms with Crippen molar-refractivity contribution in [3.8, 4) is 0 Å². The van der Waals surface area contributed by atoms with Crippen molar-refractivity contribution in [3.63, 3.8) is 0 Å². The fourth-order valence-corrected chi connectivity index (χ4v) is 1.78. The van der Waals surface area contributed by atoms with Gasteiger partial charge >= 0.3 is 0 Å². The van der Waals surface area contributed by atoms with Crippen LogP contribution in [0.5, 0.6) is 0 Å². The highest BCUT2D eigenvalue weighted by atomic mass is 35.5. The summed E-state index contributed by atoms with van der Waals surface area (Å²) < 4.78 is 0. The molecule has 3 nitrogen and oxygen atoms in total. The van der Waals surface area contributed by atoms with Crippen molar-refractivity contribution in [2.75, 3.05) is 13.1 Å². The molecule has 0 spiro atoms. The van der Waals surface area contributed by atoms with E-state index in [2.05, 4.69) is 17.2 Å². The zero-order chi connectivity index (χ0) is 12.7. The number of carbonyl (C=O) groups excluding carboxylic acids is 1. The number of hydrogen-bond donors (Lipinski definition) is 2. The summed E-state index contributed by atoms with van der Waals surface area (Å²) in [6, 6.07) is 7.40. The second kappa shape index (κ2) is 7.09. The lowest BCUT2D eigenvalue weighted by Crippen LogP contribution is -2.35. The molecule has 1 amide bonds. The molecular weight excluding hydrogens is 236 g/mol. The van der Waals surface area contributed by atoms with E-state index >= 15 is 0 Å². The molecule has 1 aromatic carbocycles. The van der Waals surface area contributed by atoms with E-state index in [4.69, 9.17) is 11.6 Å². The summed E-state index contributed by atoms with van der Waals surface area (Å²) in [5.41, 5.74) is 0.922. The highest BCUT2D eigenvalue weighted by Gasteiger charge is 2.11. The molecule has 0 radical (unpaired) electrons. The van der Waals surface area contributed by atoms with E-state index in [0.717, 1.165) is 5.56 Å². The molecule has 0 saturated carbocycles. The van der Waals surface area contributed by atoms with Crippen LogP contribution in [0.2, 0.25) is 5.02 Å². The molecule has 1 unspecified atom stereocenters. The molecule has 0 fully saturated rings. The maximum atomic E-state index is 11.6. The number of halogens is 1. The third-order valence-electron chi connectivity index (χ3n) is 2.32. The third kappa shape index (κ3) is 4.59. The highest BCUT2D eigenvalue weighted by Crippen LogP contribution is 2.21. The molecule has 0 aromatic heterocycles. The van der Waals surface area contributed by atoms with Crippen LogP contribution < -0.4 is 10.6 Å². The minimum atomic E-state index is -0.0956. The molecule has 1 atom stereocenters. The van der Waals surface area contributed by atoms with E-state index in [1.807, 2.05) is 31.2 Å². The predicted octanol–water partition coefficient (Wildman–Crippen LogP) is 2.29. The molecule has 0 aliphatic rings. The Morgan fingerprint density at radius 3 is 2.88 bits per heavy atom. The molecule has 92 valence electrons. The molecule has 0 heterocycles. The van der Waals surface area contributed by atoms with Gasteiger partial charge in [-0.25, -0.2) is 0 Å². The van der Waals surface area contributed by atoms with E-state index in [0.29, 0.717) is 11.6 Å². The van der Waals surface area contributed by atoms with Gasteiger partial charge in [0, 0.05) is 11.6 Å². The second-order valence-electron chi connectivity index (χ2n) is 3.73. The highest BCUT2D eigenvalue weighted by molar-refractivity contribution is 6.31. The summed E-state index contributed by atoms with van der Waals surface area (Å²) >= 11 is 6.05. The van der Waals surface area contributed by atoms with Crippen LogP contribution >= 0.6 is 11.6 Å². The van der Waals surface area contributed by atoms with Gasteiger partial charge in [0.15, 0.2) is 0 Å². The third-order valence-corrected chi connectivity index (χ3v) is 2.67. The first-order valence-corrected chi connectivity index (χ1v) is 5.88. The number of benzene rings is 1. The molecule has 4 heteroatoms. The number of hydrogen-bond acceptors (Lipinski definition) is 2. The van der Waals surface area contributed by atoms with Crippen LogP contribution in [0.3, 0.4) is 0 Å². The smallest absolute Gasteiger partial charge is 0.234 e. The minimum absolute atomic E-state index is 0.0562. The summed E-state index contributed by atoms with van der Waals surface area (Å²) in [7, 11) is 0. The van der Waals surface area contributed by atoms with Gasteiger partial charge in [-0.15, -0.1) is 6.58 Å². The molecular formula is C13H17ClN2O. The van der Waals surface area contributed by atoms with Crippen molar-refractivity contribution < 1.29 is 4.79 Å². The van der Waals surface area contributed by atoms with Crippen molar-refractivity contribution in [2.45, 2.75) is 13.0 Å². The summed E-state index contributed by atoms with van der Waals surface area (Å²) in [5.74, 6) is -0.0562. The molecule has 2 N–H and O–H groups in total. The average molecular weight is 253 g/mol. The summed E-state index contributed by atoms with van der Waals surface area (Å²) in [6.07, 6.45) is 1.71. The zero-order valence-corrected chi connectivity index (χ0v) is 10.6. The van der Waals surface area contributed by atoms with Gasteiger partial charge in [0.25, 0.3) is 0 Å². The van der Waals surface area contributed by atoms with Gasteiger partial charge in [-0.05, 0) is 18.6 Å². The van der Waals surface area contributed by atoms with Crippen LogP contribution in [-0.2, 0) is 4.79 Å². The Morgan fingerprint density at radius 1 is 1.53 bits per heavy atom. The van der Waals surface area contributed by atoms with Gasteiger partial charge in [-0.1, -0.05) is 35.9 Å². The van der Waals surface area contributed by atoms with Gasteiger partial charge in [0.2, 0.25) is 5.91 Å². The SMILES string of the molecule is C=CCNCC(=O)NC(C)c1ccccc1Cl. The van der Waals surface area contributed by atoms with Gasteiger partial charge in [-0.2, -0.15) is 0 Å².